The summed E-state index contributed by atoms with van der Waals surface area (Å²) in [5.41, 5.74) is 0. The Hall–Kier alpha value is -1.96. The first-order chi connectivity index (χ1) is 9.60. The summed E-state index contributed by atoms with van der Waals surface area (Å²) < 4.78 is 28.0. The van der Waals surface area contributed by atoms with Crippen molar-refractivity contribution in [2.24, 2.45) is 0 Å². The van der Waals surface area contributed by atoms with Crippen LogP contribution in [0, 0.1) is 0 Å². The van der Waals surface area contributed by atoms with Crippen LogP contribution < -0.4 is 4.31 Å². The maximum absolute atomic E-state index is 12.7. The Labute approximate surface area is 117 Å². The topological polar surface area (TPSA) is 81.0 Å². The third kappa shape index (κ3) is 2.05. The highest BCUT2D eigenvalue weighted by molar-refractivity contribution is 7.92. The maximum atomic E-state index is 12.7. The normalized spacial score (nSPS) is 15.8. The lowest BCUT2D eigenvalue weighted by Gasteiger charge is -2.28. The van der Waals surface area contributed by atoms with Gasteiger partial charge in [-0.1, -0.05) is 0 Å². The van der Waals surface area contributed by atoms with Crippen LogP contribution in [0.3, 0.4) is 0 Å². The predicted molar refractivity (Wildman–Crippen MR) is 72.7 cm³/mol. The highest BCUT2D eigenvalue weighted by atomic mass is 32.2. The van der Waals surface area contributed by atoms with E-state index in [1.807, 2.05) is 0 Å². The van der Waals surface area contributed by atoms with Crippen molar-refractivity contribution in [2.45, 2.75) is 30.3 Å². The first-order valence-corrected chi connectivity index (χ1v) is 7.85. The Kier molecular flexibility index (Phi) is 3.17. The number of hydrogen-bond donors (Lipinski definition) is 0. The van der Waals surface area contributed by atoms with Gasteiger partial charge in [0.1, 0.15) is 0 Å². The molecule has 2 aromatic rings. The molecule has 2 aromatic heterocycles. The van der Waals surface area contributed by atoms with Crippen molar-refractivity contribution in [3.63, 3.8) is 0 Å². The van der Waals surface area contributed by atoms with Gasteiger partial charge < -0.3 is 0 Å². The maximum Gasteiger partial charge on any atom is 0.282 e. The Balaban J connectivity index is 1.98. The van der Waals surface area contributed by atoms with Crippen molar-refractivity contribution in [3.8, 4) is 0 Å². The van der Waals surface area contributed by atoms with Crippen LogP contribution in [-0.4, -0.2) is 35.4 Å². The second kappa shape index (κ2) is 4.86. The molecule has 0 saturated heterocycles. The molecule has 0 spiro atoms. The molecule has 1 aliphatic carbocycles. The molecule has 106 valence electrons. The molecule has 2 heterocycles. The van der Waals surface area contributed by atoms with E-state index in [0.717, 1.165) is 23.6 Å². The molecule has 0 aliphatic heterocycles. The van der Waals surface area contributed by atoms with Crippen LogP contribution in [0.5, 0.6) is 0 Å². The largest absolute Gasteiger partial charge is 0.282 e. The number of aromatic nitrogens is 4. The van der Waals surface area contributed by atoms with Crippen molar-refractivity contribution in [1.82, 2.24) is 20.0 Å². The molecule has 20 heavy (non-hydrogen) atoms. The Morgan fingerprint density at radius 3 is 2.70 bits per heavy atom. The molecule has 0 aromatic carbocycles. The average molecular weight is 293 g/mol. The smallest absolute Gasteiger partial charge is 0.250 e. The molecule has 1 fully saturated rings. The number of anilines is 1. The van der Waals surface area contributed by atoms with Crippen molar-refractivity contribution in [2.75, 3.05) is 11.4 Å². The van der Waals surface area contributed by atoms with Gasteiger partial charge in [0.15, 0.2) is 10.8 Å². The lowest BCUT2D eigenvalue weighted by atomic mass is 9.93. The van der Waals surface area contributed by atoms with E-state index in [0.29, 0.717) is 0 Å². The van der Waals surface area contributed by atoms with Gasteiger partial charge in [-0.05, 0) is 37.5 Å². The Morgan fingerprint density at radius 2 is 2.10 bits per heavy atom. The Morgan fingerprint density at radius 1 is 1.30 bits per heavy atom. The van der Waals surface area contributed by atoms with Crippen LogP contribution in [0.4, 0.5) is 5.82 Å². The molecule has 1 aliphatic rings. The van der Waals surface area contributed by atoms with Gasteiger partial charge in [0, 0.05) is 13.2 Å². The van der Waals surface area contributed by atoms with Gasteiger partial charge in [0.05, 0.1) is 12.2 Å². The van der Waals surface area contributed by atoms with Crippen LogP contribution in [0.25, 0.3) is 0 Å². The van der Waals surface area contributed by atoms with Crippen LogP contribution >= 0.6 is 0 Å². The van der Waals surface area contributed by atoms with E-state index in [4.69, 9.17) is 0 Å². The zero-order valence-corrected chi connectivity index (χ0v) is 11.9. The van der Waals surface area contributed by atoms with Crippen molar-refractivity contribution >= 4 is 15.8 Å². The van der Waals surface area contributed by atoms with E-state index in [-0.39, 0.29) is 16.9 Å². The summed E-state index contributed by atoms with van der Waals surface area (Å²) in [6.07, 6.45) is 6.08. The average Bonchev–Trinajstić information content (AvgIpc) is 2.86. The molecule has 3 rings (SSSR count). The Bertz CT molecular complexity index is 694. The minimum Gasteiger partial charge on any atom is -0.250 e. The first-order valence-electron chi connectivity index (χ1n) is 6.41. The molecule has 0 radical (unpaired) electrons. The molecule has 7 nitrogen and oxygen atoms in total. The second-order valence-corrected chi connectivity index (χ2v) is 6.67. The van der Waals surface area contributed by atoms with Crippen molar-refractivity contribution in [3.05, 3.63) is 30.6 Å². The lowest BCUT2D eigenvalue weighted by molar-refractivity contribution is 0.271. The molecule has 0 N–H and O–H groups in total. The summed E-state index contributed by atoms with van der Waals surface area (Å²) in [5, 5.41) is 11.9. The third-order valence-corrected chi connectivity index (χ3v) is 5.32. The van der Waals surface area contributed by atoms with Crippen molar-refractivity contribution in [1.29, 1.82) is 0 Å². The minimum atomic E-state index is -3.67. The van der Waals surface area contributed by atoms with E-state index in [1.165, 1.54) is 25.5 Å². The van der Waals surface area contributed by atoms with Gasteiger partial charge in [-0.3, -0.25) is 4.31 Å². The van der Waals surface area contributed by atoms with Gasteiger partial charge in [-0.15, -0.1) is 5.10 Å². The number of sulfonamides is 1. The monoisotopic (exact) mass is 293 g/mol. The van der Waals surface area contributed by atoms with E-state index in [9.17, 15) is 8.42 Å². The van der Waals surface area contributed by atoms with E-state index < -0.39 is 10.0 Å². The van der Waals surface area contributed by atoms with E-state index >= 15 is 0 Å². The first kappa shape index (κ1) is 13.0. The van der Waals surface area contributed by atoms with Gasteiger partial charge in [-0.25, -0.2) is 4.68 Å². The highest BCUT2D eigenvalue weighted by Gasteiger charge is 2.31. The number of hydrogen-bond acceptors (Lipinski definition) is 5. The molecule has 0 amide bonds. The van der Waals surface area contributed by atoms with Crippen molar-refractivity contribution < 1.29 is 8.42 Å². The van der Waals surface area contributed by atoms with Gasteiger partial charge in [0.25, 0.3) is 10.0 Å². The SMILES string of the molecule is CN(c1cccnn1)S(=O)(=O)c1ccnn1C1CCC1. The molecular weight excluding hydrogens is 278 g/mol. The summed E-state index contributed by atoms with van der Waals surface area (Å²) in [6.45, 7) is 0. The van der Waals surface area contributed by atoms with E-state index in [2.05, 4.69) is 15.3 Å². The molecule has 1 saturated carbocycles. The zero-order valence-electron chi connectivity index (χ0n) is 11.0. The minimum absolute atomic E-state index is 0.185. The zero-order chi connectivity index (χ0) is 14.2. The lowest BCUT2D eigenvalue weighted by Crippen LogP contribution is -2.31. The molecule has 8 heteroatoms. The summed E-state index contributed by atoms with van der Waals surface area (Å²) in [5.74, 6) is 0.286. The fourth-order valence-electron chi connectivity index (χ4n) is 2.14. The quantitative estimate of drug-likeness (QED) is 0.846. The van der Waals surface area contributed by atoms with Crippen LogP contribution in [0.15, 0.2) is 35.6 Å². The standard InChI is InChI=1S/C12H15N5O2S/c1-16(11-6-3-8-13-15-11)20(18,19)12-7-9-14-17(12)10-4-2-5-10/h3,6-10H,2,4-5H2,1H3. The van der Waals surface area contributed by atoms with Gasteiger partial charge >= 0.3 is 0 Å². The van der Waals surface area contributed by atoms with Gasteiger partial charge in [0.2, 0.25) is 0 Å². The van der Waals surface area contributed by atoms with Gasteiger partial charge in [-0.2, -0.15) is 18.6 Å². The second-order valence-electron chi connectivity index (χ2n) is 4.75. The summed E-state index contributed by atoms with van der Waals surface area (Å²) in [6, 6.07) is 4.97. The summed E-state index contributed by atoms with van der Waals surface area (Å²) >= 11 is 0. The molecule has 0 bridgehead atoms. The van der Waals surface area contributed by atoms with Crippen LogP contribution in [0.2, 0.25) is 0 Å². The summed E-state index contributed by atoms with van der Waals surface area (Å²) in [4.78, 5) is 0. The predicted octanol–water partition coefficient (Wildman–Crippen LogP) is 1.22. The molecule has 0 atom stereocenters. The fourth-order valence-corrected chi connectivity index (χ4v) is 3.43. The number of nitrogens with zero attached hydrogens (tertiary/aromatic N) is 5. The van der Waals surface area contributed by atoms with Crippen LogP contribution in [0.1, 0.15) is 25.3 Å². The highest BCUT2D eigenvalue weighted by Crippen LogP contribution is 2.33. The summed E-state index contributed by atoms with van der Waals surface area (Å²) in [7, 11) is -2.20. The third-order valence-electron chi connectivity index (χ3n) is 3.56. The molecular formula is C12H15N5O2S. The van der Waals surface area contributed by atoms with E-state index in [1.54, 1.807) is 16.8 Å². The fraction of sp³-hybridized carbons (Fsp3) is 0.417. The van der Waals surface area contributed by atoms with Crippen LogP contribution in [-0.2, 0) is 10.0 Å². The number of rotatable bonds is 4. The molecule has 0 unspecified atom stereocenters.